The van der Waals surface area contributed by atoms with E-state index in [0.29, 0.717) is 0 Å². The van der Waals surface area contributed by atoms with Gasteiger partial charge < -0.3 is 0 Å². The summed E-state index contributed by atoms with van der Waals surface area (Å²) in [5, 5.41) is 0. The first kappa shape index (κ1) is 9.84. The fourth-order valence-corrected chi connectivity index (χ4v) is 0.449. The summed E-state index contributed by atoms with van der Waals surface area (Å²) in [5.74, 6) is -0.278. The summed E-state index contributed by atoms with van der Waals surface area (Å²) in [7, 11) is 0. The zero-order valence-electron chi connectivity index (χ0n) is 6.68. The van der Waals surface area contributed by atoms with Gasteiger partial charge in [-0.05, 0) is 19.9 Å². The molecule has 0 aliphatic heterocycles. The number of allylic oxidation sites excluding steroid dienone is 1. The van der Waals surface area contributed by atoms with Crippen molar-refractivity contribution in [3.63, 3.8) is 0 Å². The van der Waals surface area contributed by atoms with Crippen LogP contribution in [0.1, 0.15) is 13.8 Å². The molecule has 0 rings (SSSR count). The molecule has 62 valence electrons. The third-order valence-electron chi connectivity index (χ3n) is 0.867. The molecule has 0 radical (unpaired) electrons. The Balaban J connectivity index is 3.39. The van der Waals surface area contributed by atoms with Crippen LogP contribution in [0.4, 0.5) is 0 Å². The minimum Gasteiger partial charge on any atom is -0.299 e. The van der Waals surface area contributed by atoms with Gasteiger partial charge in [-0.1, -0.05) is 6.08 Å². The second-order valence-electron chi connectivity index (χ2n) is 2.04. The highest BCUT2D eigenvalue weighted by molar-refractivity contribution is 5.87. The van der Waals surface area contributed by atoms with Gasteiger partial charge in [0.1, 0.15) is 5.78 Å². The summed E-state index contributed by atoms with van der Waals surface area (Å²) in [6, 6.07) is 0. The van der Waals surface area contributed by atoms with Crippen LogP contribution in [0.15, 0.2) is 12.2 Å². The first-order chi connectivity index (χ1) is 5.16. The number of hydrogen-bond donors (Lipinski definition) is 2. The van der Waals surface area contributed by atoms with E-state index in [0.717, 1.165) is 0 Å². The van der Waals surface area contributed by atoms with Crippen LogP contribution in [0, 0.1) is 0 Å². The lowest BCUT2D eigenvalue weighted by Gasteiger charge is -2.00. The lowest BCUT2D eigenvalue weighted by molar-refractivity contribution is -0.118. The standard InChI is InChI=1S/C7H12N2O2/c1-3-4-7(11)9-8-5-6(2)10/h3-4,8H,5H2,1-2H3,(H,9,11)/b4-3+. The fraction of sp³-hybridized carbons (Fsp3) is 0.429. The van der Waals surface area contributed by atoms with E-state index in [1.54, 1.807) is 13.0 Å². The number of rotatable bonds is 4. The Morgan fingerprint density at radius 2 is 2.09 bits per heavy atom. The van der Waals surface area contributed by atoms with Crippen LogP contribution in [0.5, 0.6) is 0 Å². The molecule has 0 fully saturated rings. The third kappa shape index (κ3) is 6.73. The van der Waals surface area contributed by atoms with E-state index in [4.69, 9.17) is 0 Å². The molecule has 4 nitrogen and oxygen atoms in total. The number of carbonyl (C=O) groups excluding carboxylic acids is 2. The van der Waals surface area contributed by atoms with Gasteiger partial charge in [0.25, 0.3) is 5.91 Å². The Bertz CT molecular complexity index is 175. The molecule has 0 heterocycles. The molecule has 0 aromatic rings. The van der Waals surface area contributed by atoms with Crippen molar-refractivity contribution in [3.8, 4) is 0 Å². The van der Waals surface area contributed by atoms with Gasteiger partial charge in [-0.2, -0.15) is 0 Å². The van der Waals surface area contributed by atoms with Crippen molar-refractivity contribution in [1.82, 2.24) is 10.9 Å². The monoisotopic (exact) mass is 156 g/mol. The van der Waals surface area contributed by atoms with Crippen molar-refractivity contribution < 1.29 is 9.59 Å². The van der Waals surface area contributed by atoms with Gasteiger partial charge in [0, 0.05) is 0 Å². The zero-order valence-corrected chi connectivity index (χ0v) is 6.68. The van der Waals surface area contributed by atoms with E-state index in [2.05, 4.69) is 10.9 Å². The number of nitrogens with one attached hydrogen (secondary N) is 2. The molecule has 2 N–H and O–H groups in total. The first-order valence-corrected chi connectivity index (χ1v) is 3.31. The van der Waals surface area contributed by atoms with Crippen molar-refractivity contribution in [1.29, 1.82) is 0 Å². The SMILES string of the molecule is C/C=C/C(=O)NNCC(C)=O. The molecule has 0 saturated carbocycles. The lowest BCUT2D eigenvalue weighted by atomic mass is 10.5. The van der Waals surface area contributed by atoms with Crippen LogP contribution in [0.2, 0.25) is 0 Å². The highest BCUT2D eigenvalue weighted by Gasteiger charge is 1.93. The molecule has 0 saturated heterocycles. The maximum absolute atomic E-state index is 10.7. The summed E-state index contributed by atoms with van der Waals surface area (Å²) in [6.45, 7) is 3.34. The predicted molar refractivity (Wildman–Crippen MR) is 41.6 cm³/mol. The van der Waals surface area contributed by atoms with Crippen molar-refractivity contribution in [2.24, 2.45) is 0 Å². The van der Waals surface area contributed by atoms with Gasteiger partial charge in [-0.15, -0.1) is 0 Å². The summed E-state index contributed by atoms with van der Waals surface area (Å²) < 4.78 is 0. The van der Waals surface area contributed by atoms with E-state index in [1.807, 2.05) is 0 Å². The zero-order chi connectivity index (χ0) is 8.69. The number of hydrazine groups is 1. The maximum atomic E-state index is 10.7. The minimum absolute atomic E-state index is 0.0224. The topological polar surface area (TPSA) is 58.2 Å². The average Bonchev–Trinajstić information content (AvgIpc) is 1.87. The van der Waals surface area contributed by atoms with E-state index in [9.17, 15) is 9.59 Å². The molecule has 0 atom stereocenters. The fourth-order valence-electron chi connectivity index (χ4n) is 0.449. The van der Waals surface area contributed by atoms with Gasteiger partial charge in [-0.25, -0.2) is 5.43 Å². The number of amides is 1. The lowest BCUT2D eigenvalue weighted by Crippen LogP contribution is -2.38. The second kappa shape index (κ2) is 5.61. The normalized spacial score (nSPS) is 10.0. The predicted octanol–water partition coefficient (Wildman–Crippen LogP) is -0.228. The Morgan fingerprint density at radius 3 is 2.55 bits per heavy atom. The second-order valence-corrected chi connectivity index (χ2v) is 2.04. The highest BCUT2D eigenvalue weighted by Crippen LogP contribution is 1.68. The van der Waals surface area contributed by atoms with Gasteiger partial charge in [0.05, 0.1) is 6.54 Å². The molecular weight excluding hydrogens is 144 g/mol. The number of hydrogen-bond acceptors (Lipinski definition) is 3. The largest absolute Gasteiger partial charge is 0.299 e. The van der Waals surface area contributed by atoms with Crippen LogP contribution in [-0.4, -0.2) is 18.2 Å². The molecule has 0 bridgehead atoms. The third-order valence-corrected chi connectivity index (χ3v) is 0.867. The molecule has 0 unspecified atom stereocenters. The number of ketones is 1. The molecule has 1 amide bonds. The Hall–Kier alpha value is -1.16. The molecular formula is C7H12N2O2. The Kier molecular flexibility index (Phi) is 5.02. The summed E-state index contributed by atoms with van der Waals surface area (Å²) in [5.41, 5.74) is 4.79. The summed E-state index contributed by atoms with van der Waals surface area (Å²) in [6.07, 6.45) is 2.98. The Morgan fingerprint density at radius 1 is 1.45 bits per heavy atom. The van der Waals surface area contributed by atoms with E-state index in [-0.39, 0.29) is 18.2 Å². The van der Waals surface area contributed by atoms with Crippen LogP contribution in [0.3, 0.4) is 0 Å². The van der Waals surface area contributed by atoms with Crippen molar-refractivity contribution in [2.75, 3.05) is 6.54 Å². The van der Waals surface area contributed by atoms with Crippen LogP contribution in [-0.2, 0) is 9.59 Å². The molecule has 0 aromatic carbocycles. The van der Waals surface area contributed by atoms with E-state index in [1.165, 1.54) is 13.0 Å². The molecule has 4 heteroatoms. The number of carbonyl (C=O) groups is 2. The maximum Gasteiger partial charge on any atom is 0.257 e. The molecule has 11 heavy (non-hydrogen) atoms. The van der Waals surface area contributed by atoms with Gasteiger partial charge in [0.15, 0.2) is 0 Å². The van der Waals surface area contributed by atoms with E-state index >= 15 is 0 Å². The smallest absolute Gasteiger partial charge is 0.257 e. The van der Waals surface area contributed by atoms with E-state index < -0.39 is 0 Å². The molecule has 0 spiro atoms. The van der Waals surface area contributed by atoms with Crippen molar-refractivity contribution in [3.05, 3.63) is 12.2 Å². The molecule has 0 aliphatic rings. The van der Waals surface area contributed by atoms with Crippen molar-refractivity contribution in [2.45, 2.75) is 13.8 Å². The highest BCUT2D eigenvalue weighted by atomic mass is 16.2. The Labute approximate surface area is 65.6 Å². The first-order valence-electron chi connectivity index (χ1n) is 3.31. The quantitative estimate of drug-likeness (QED) is 0.436. The minimum atomic E-state index is -0.256. The number of Topliss-reactive ketones (excluding diaryl/α,β-unsaturated/α-hetero) is 1. The molecule has 0 aliphatic carbocycles. The van der Waals surface area contributed by atoms with Gasteiger partial charge in [-0.3, -0.25) is 15.0 Å². The van der Waals surface area contributed by atoms with Gasteiger partial charge >= 0.3 is 0 Å². The van der Waals surface area contributed by atoms with Crippen LogP contribution in [0.25, 0.3) is 0 Å². The van der Waals surface area contributed by atoms with Crippen molar-refractivity contribution >= 4 is 11.7 Å². The van der Waals surface area contributed by atoms with Crippen LogP contribution < -0.4 is 10.9 Å². The summed E-state index contributed by atoms with van der Waals surface area (Å²) in [4.78, 5) is 21.0. The van der Waals surface area contributed by atoms with Gasteiger partial charge in [0.2, 0.25) is 0 Å². The summed E-state index contributed by atoms with van der Waals surface area (Å²) >= 11 is 0. The molecule has 0 aromatic heterocycles. The van der Waals surface area contributed by atoms with Crippen LogP contribution >= 0.6 is 0 Å². The average molecular weight is 156 g/mol.